The average molecular weight is 287 g/mol. The summed E-state index contributed by atoms with van der Waals surface area (Å²) in [5.74, 6) is -0.371. The van der Waals surface area contributed by atoms with Gasteiger partial charge in [0.15, 0.2) is 5.78 Å². The van der Waals surface area contributed by atoms with Gasteiger partial charge in [-0.3, -0.25) is 9.59 Å². The van der Waals surface area contributed by atoms with E-state index in [0.29, 0.717) is 24.2 Å². The van der Waals surface area contributed by atoms with E-state index in [0.717, 1.165) is 5.69 Å². The predicted octanol–water partition coefficient (Wildman–Crippen LogP) is 0.621. The molecule has 1 amide bonds. The molecule has 2 aromatic rings. The monoisotopic (exact) mass is 287 g/mol. The minimum Gasteiger partial charge on any atom is -0.330 e. The predicted molar refractivity (Wildman–Crippen MR) is 77.9 cm³/mol. The van der Waals surface area contributed by atoms with E-state index >= 15 is 0 Å². The Hall–Kier alpha value is -2.54. The summed E-state index contributed by atoms with van der Waals surface area (Å²) in [5.41, 5.74) is 7.15. The molecule has 0 aliphatic heterocycles. The second-order valence-corrected chi connectivity index (χ2v) is 4.60. The third-order valence-electron chi connectivity index (χ3n) is 2.87. The fourth-order valence-electron chi connectivity index (χ4n) is 1.91. The molecule has 0 aliphatic carbocycles. The number of anilines is 1. The number of nitrogens with zero attached hydrogens (tertiary/aromatic N) is 3. The van der Waals surface area contributed by atoms with E-state index < -0.39 is 0 Å². The second-order valence-electron chi connectivity index (χ2n) is 4.60. The van der Waals surface area contributed by atoms with Crippen molar-refractivity contribution in [2.24, 2.45) is 5.73 Å². The van der Waals surface area contributed by atoms with Gasteiger partial charge >= 0.3 is 0 Å². The quantitative estimate of drug-likeness (QED) is 0.758. The molecule has 0 bridgehead atoms. The molecule has 0 radical (unpaired) electrons. The molecule has 7 heteroatoms. The zero-order chi connectivity index (χ0) is 15.2. The van der Waals surface area contributed by atoms with Crippen molar-refractivity contribution < 1.29 is 9.59 Å². The van der Waals surface area contributed by atoms with Gasteiger partial charge in [-0.15, -0.1) is 5.10 Å². The highest BCUT2D eigenvalue weighted by atomic mass is 16.2. The van der Waals surface area contributed by atoms with Crippen molar-refractivity contribution in [3.8, 4) is 0 Å². The Morgan fingerprint density at radius 2 is 2.10 bits per heavy atom. The van der Waals surface area contributed by atoms with E-state index in [2.05, 4.69) is 15.6 Å². The Morgan fingerprint density at radius 3 is 2.81 bits per heavy atom. The van der Waals surface area contributed by atoms with Crippen molar-refractivity contribution in [2.45, 2.75) is 19.9 Å². The molecule has 0 saturated heterocycles. The normalized spacial score (nSPS) is 10.4. The van der Waals surface area contributed by atoms with Crippen LogP contribution in [0.1, 0.15) is 23.0 Å². The van der Waals surface area contributed by atoms with Gasteiger partial charge in [0.1, 0.15) is 6.54 Å². The number of aromatic nitrogens is 3. The first-order chi connectivity index (χ1) is 10.1. The number of para-hydroxylation sites is 1. The van der Waals surface area contributed by atoms with E-state index in [1.54, 1.807) is 30.5 Å². The number of carbonyl (C=O) groups is 2. The summed E-state index contributed by atoms with van der Waals surface area (Å²) in [4.78, 5) is 23.5. The maximum Gasteiger partial charge on any atom is 0.246 e. The van der Waals surface area contributed by atoms with Crippen molar-refractivity contribution in [3.05, 3.63) is 41.7 Å². The molecule has 1 heterocycles. The van der Waals surface area contributed by atoms with E-state index in [1.165, 1.54) is 11.6 Å². The van der Waals surface area contributed by atoms with Crippen LogP contribution in [0.4, 0.5) is 5.69 Å². The number of Topliss-reactive ketones (excluding diaryl/α,β-unsaturated/α-hetero) is 1. The molecule has 7 nitrogen and oxygen atoms in total. The SMILES string of the molecule is CC(=O)c1ccccc1NC(=O)Cn1cc(CCN)nn1. The number of benzene rings is 1. The van der Waals surface area contributed by atoms with E-state index in [-0.39, 0.29) is 18.2 Å². The molecule has 0 aliphatic rings. The lowest BCUT2D eigenvalue weighted by Crippen LogP contribution is -2.20. The van der Waals surface area contributed by atoms with Crippen LogP contribution in [0.25, 0.3) is 0 Å². The molecular weight excluding hydrogens is 270 g/mol. The van der Waals surface area contributed by atoms with Crippen molar-refractivity contribution in [1.29, 1.82) is 0 Å². The van der Waals surface area contributed by atoms with Crippen LogP contribution < -0.4 is 11.1 Å². The number of ketones is 1. The van der Waals surface area contributed by atoms with Gasteiger partial charge in [-0.2, -0.15) is 0 Å². The standard InChI is InChI=1S/C14H17N5O2/c1-10(20)12-4-2-3-5-13(12)16-14(21)9-19-8-11(6-7-15)17-18-19/h2-5,8H,6-7,9,15H2,1H3,(H,16,21). The van der Waals surface area contributed by atoms with E-state index in [4.69, 9.17) is 5.73 Å². The van der Waals surface area contributed by atoms with Crippen LogP contribution in [0, 0.1) is 0 Å². The van der Waals surface area contributed by atoms with Gasteiger partial charge in [0.25, 0.3) is 0 Å². The van der Waals surface area contributed by atoms with Gasteiger partial charge in [0.05, 0.1) is 11.4 Å². The highest BCUT2D eigenvalue weighted by molar-refractivity contribution is 6.03. The van der Waals surface area contributed by atoms with Gasteiger partial charge in [0, 0.05) is 18.2 Å². The topological polar surface area (TPSA) is 103 Å². The summed E-state index contributed by atoms with van der Waals surface area (Å²) < 4.78 is 1.44. The fraction of sp³-hybridized carbons (Fsp3) is 0.286. The maximum absolute atomic E-state index is 12.0. The number of rotatable bonds is 6. The summed E-state index contributed by atoms with van der Waals surface area (Å²) in [6.45, 7) is 1.97. The van der Waals surface area contributed by atoms with Gasteiger partial charge < -0.3 is 11.1 Å². The van der Waals surface area contributed by atoms with Crippen LogP contribution in [0.15, 0.2) is 30.5 Å². The van der Waals surface area contributed by atoms with Gasteiger partial charge in [-0.1, -0.05) is 17.3 Å². The van der Waals surface area contributed by atoms with Crippen molar-refractivity contribution in [3.63, 3.8) is 0 Å². The first kappa shape index (κ1) is 14.9. The molecule has 0 fully saturated rings. The fourth-order valence-corrected chi connectivity index (χ4v) is 1.91. The summed E-state index contributed by atoms with van der Waals surface area (Å²) in [6.07, 6.45) is 2.30. The maximum atomic E-state index is 12.0. The molecule has 1 aromatic carbocycles. The second kappa shape index (κ2) is 6.76. The van der Waals surface area contributed by atoms with Crippen molar-refractivity contribution in [1.82, 2.24) is 15.0 Å². The number of hydrogen-bond acceptors (Lipinski definition) is 5. The lowest BCUT2D eigenvalue weighted by atomic mass is 10.1. The van der Waals surface area contributed by atoms with E-state index in [1.807, 2.05) is 0 Å². The summed E-state index contributed by atoms with van der Waals surface area (Å²) in [7, 11) is 0. The average Bonchev–Trinajstić information content (AvgIpc) is 2.86. The van der Waals surface area contributed by atoms with Crippen LogP contribution in [0.2, 0.25) is 0 Å². The Balaban J connectivity index is 2.03. The van der Waals surface area contributed by atoms with Crippen molar-refractivity contribution in [2.75, 3.05) is 11.9 Å². The zero-order valence-electron chi connectivity index (χ0n) is 11.7. The lowest BCUT2D eigenvalue weighted by molar-refractivity contribution is -0.116. The summed E-state index contributed by atoms with van der Waals surface area (Å²) in [5, 5.41) is 10.5. The molecule has 21 heavy (non-hydrogen) atoms. The number of nitrogens with two attached hydrogens (primary N) is 1. The molecule has 0 unspecified atom stereocenters. The van der Waals surface area contributed by atoms with Crippen LogP contribution in [0.5, 0.6) is 0 Å². The van der Waals surface area contributed by atoms with Crippen LogP contribution >= 0.6 is 0 Å². The Bertz CT molecular complexity index is 650. The van der Waals surface area contributed by atoms with Crippen LogP contribution in [0.3, 0.4) is 0 Å². The Labute approximate surface area is 122 Å². The molecule has 0 atom stereocenters. The lowest BCUT2D eigenvalue weighted by Gasteiger charge is -2.08. The third kappa shape index (κ3) is 3.96. The number of carbonyl (C=O) groups excluding carboxylic acids is 2. The number of hydrogen-bond donors (Lipinski definition) is 2. The molecule has 2 rings (SSSR count). The minimum absolute atomic E-state index is 0.0316. The van der Waals surface area contributed by atoms with Gasteiger partial charge in [-0.05, 0) is 25.6 Å². The molecule has 3 N–H and O–H groups in total. The first-order valence-electron chi connectivity index (χ1n) is 6.59. The van der Waals surface area contributed by atoms with Gasteiger partial charge in [0.2, 0.25) is 5.91 Å². The van der Waals surface area contributed by atoms with Crippen LogP contribution in [-0.2, 0) is 17.8 Å². The zero-order valence-corrected chi connectivity index (χ0v) is 11.7. The van der Waals surface area contributed by atoms with Gasteiger partial charge in [-0.25, -0.2) is 4.68 Å². The Morgan fingerprint density at radius 1 is 1.33 bits per heavy atom. The summed E-state index contributed by atoms with van der Waals surface area (Å²) in [6, 6.07) is 6.88. The highest BCUT2D eigenvalue weighted by Gasteiger charge is 2.11. The summed E-state index contributed by atoms with van der Waals surface area (Å²) >= 11 is 0. The smallest absolute Gasteiger partial charge is 0.246 e. The minimum atomic E-state index is -0.270. The van der Waals surface area contributed by atoms with Crippen LogP contribution in [-0.4, -0.2) is 33.2 Å². The Kier molecular flexibility index (Phi) is 4.78. The molecular formula is C14H17N5O2. The molecule has 1 aromatic heterocycles. The first-order valence-corrected chi connectivity index (χ1v) is 6.59. The number of nitrogens with one attached hydrogen (secondary N) is 1. The van der Waals surface area contributed by atoms with E-state index in [9.17, 15) is 9.59 Å². The largest absolute Gasteiger partial charge is 0.330 e. The van der Waals surface area contributed by atoms with Crippen molar-refractivity contribution >= 4 is 17.4 Å². The molecule has 110 valence electrons. The third-order valence-corrected chi connectivity index (χ3v) is 2.87. The molecule has 0 saturated carbocycles. The number of amides is 1. The highest BCUT2D eigenvalue weighted by Crippen LogP contribution is 2.15. The molecule has 0 spiro atoms.